The summed E-state index contributed by atoms with van der Waals surface area (Å²) in [5.41, 5.74) is 1.06. The molecule has 1 atom stereocenters. The fourth-order valence-corrected chi connectivity index (χ4v) is 1.38. The fourth-order valence-electron chi connectivity index (χ4n) is 1.38. The van der Waals surface area contributed by atoms with Crippen LogP contribution in [0.3, 0.4) is 0 Å². The number of hydrogen-bond acceptors (Lipinski definition) is 3. The third-order valence-electron chi connectivity index (χ3n) is 2.19. The van der Waals surface area contributed by atoms with E-state index < -0.39 is 11.9 Å². The zero-order valence-electron chi connectivity index (χ0n) is 8.18. The first kappa shape index (κ1) is 9.86. The van der Waals surface area contributed by atoms with Crippen molar-refractivity contribution in [1.82, 2.24) is 0 Å². The van der Waals surface area contributed by atoms with Gasteiger partial charge in [0.05, 0.1) is 0 Å². The van der Waals surface area contributed by atoms with E-state index in [1.165, 1.54) is 0 Å². The van der Waals surface area contributed by atoms with E-state index in [4.69, 9.17) is 9.47 Å². The molecule has 0 spiro atoms. The molecule has 4 nitrogen and oxygen atoms in total. The van der Waals surface area contributed by atoms with Crippen LogP contribution < -0.4 is 0 Å². The Kier molecular flexibility index (Phi) is 2.51. The van der Waals surface area contributed by atoms with E-state index in [9.17, 15) is 4.79 Å². The van der Waals surface area contributed by atoms with Crippen molar-refractivity contribution in [2.75, 3.05) is 6.61 Å². The maximum Gasteiger partial charge on any atom is 0.435 e. The van der Waals surface area contributed by atoms with Crippen LogP contribution in [-0.2, 0) is 15.9 Å². The summed E-state index contributed by atoms with van der Waals surface area (Å²) in [4.78, 5) is 14.1. The fraction of sp³-hybridized carbons (Fsp3) is 0.273. The van der Waals surface area contributed by atoms with Gasteiger partial charge < -0.3 is 9.47 Å². The molecule has 2 rings (SSSR count). The van der Waals surface area contributed by atoms with E-state index in [1.807, 2.05) is 30.3 Å². The molecule has 1 saturated heterocycles. The number of carbonyl (C=O) groups excluding carboxylic acids is 1. The Morgan fingerprint density at radius 2 is 2.20 bits per heavy atom. The molecule has 4 heteroatoms. The van der Waals surface area contributed by atoms with Crippen molar-refractivity contribution in [1.29, 1.82) is 0 Å². The Labute approximate surface area is 87.5 Å². The van der Waals surface area contributed by atoms with E-state index in [-0.39, 0.29) is 0 Å². The number of aliphatic imine (C=N–C) groups is 1. The summed E-state index contributed by atoms with van der Waals surface area (Å²) < 4.78 is 10.2. The van der Waals surface area contributed by atoms with Gasteiger partial charge in [-0.1, -0.05) is 30.3 Å². The zero-order valence-corrected chi connectivity index (χ0v) is 8.18. The number of benzene rings is 1. The number of carbonyl (C=O) groups is 1. The zero-order chi connectivity index (χ0) is 10.7. The van der Waals surface area contributed by atoms with Gasteiger partial charge in [0.15, 0.2) is 0 Å². The third-order valence-corrected chi connectivity index (χ3v) is 2.19. The lowest BCUT2D eigenvalue weighted by Crippen LogP contribution is -2.22. The first-order valence-corrected chi connectivity index (χ1v) is 4.62. The molecule has 78 valence electrons. The highest BCUT2D eigenvalue weighted by molar-refractivity contribution is 5.73. The summed E-state index contributed by atoms with van der Waals surface area (Å²) in [7, 11) is 0. The predicted molar refractivity (Wildman–Crippen MR) is 54.9 cm³/mol. The molecule has 1 fully saturated rings. The molecular formula is C11H11NO3. The normalized spacial score (nSPS) is 23.2. The van der Waals surface area contributed by atoms with Crippen molar-refractivity contribution in [3.63, 3.8) is 0 Å². The van der Waals surface area contributed by atoms with Crippen LogP contribution in [0.2, 0.25) is 0 Å². The Morgan fingerprint density at radius 3 is 2.73 bits per heavy atom. The van der Waals surface area contributed by atoms with Gasteiger partial charge in [-0.05, 0) is 12.3 Å². The van der Waals surface area contributed by atoms with Crippen molar-refractivity contribution in [2.45, 2.75) is 12.2 Å². The summed E-state index contributed by atoms with van der Waals surface area (Å²) >= 11 is 0. The predicted octanol–water partition coefficient (Wildman–Crippen LogP) is 1.79. The summed E-state index contributed by atoms with van der Waals surface area (Å²) in [6.45, 7) is 3.52. The number of hydrogen-bond donors (Lipinski definition) is 0. The third kappa shape index (κ3) is 2.41. The molecular weight excluding hydrogens is 194 g/mol. The van der Waals surface area contributed by atoms with Crippen LogP contribution in [0, 0.1) is 0 Å². The van der Waals surface area contributed by atoms with E-state index in [0.29, 0.717) is 13.0 Å². The van der Waals surface area contributed by atoms with Crippen LogP contribution in [-0.4, -0.2) is 25.2 Å². The molecule has 0 aromatic heterocycles. The van der Waals surface area contributed by atoms with E-state index in [1.54, 1.807) is 0 Å². The van der Waals surface area contributed by atoms with Gasteiger partial charge >= 0.3 is 6.09 Å². The molecule has 0 aliphatic carbocycles. The summed E-state index contributed by atoms with van der Waals surface area (Å²) in [5, 5.41) is 0. The average molecular weight is 205 g/mol. The van der Waals surface area contributed by atoms with Crippen LogP contribution in [0.15, 0.2) is 35.3 Å². The van der Waals surface area contributed by atoms with Crippen molar-refractivity contribution in [2.24, 2.45) is 4.99 Å². The van der Waals surface area contributed by atoms with Gasteiger partial charge in [0.1, 0.15) is 6.61 Å². The summed E-state index contributed by atoms with van der Waals surface area (Å²) in [6.07, 6.45) is -0.141. The topological polar surface area (TPSA) is 51.2 Å². The van der Waals surface area contributed by atoms with Crippen LogP contribution in [0.25, 0.3) is 0 Å². The maximum absolute atomic E-state index is 10.9. The lowest BCUT2D eigenvalue weighted by atomic mass is 10.1. The van der Waals surface area contributed by atoms with Crippen molar-refractivity contribution in [3.05, 3.63) is 35.9 Å². The number of amides is 1. The minimum atomic E-state index is -0.806. The molecule has 0 bridgehead atoms. The van der Waals surface area contributed by atoms with Gasteiger partial charge in [-0.25, -0.2) is 4.79 Å². The van der Waals surface area contributed by atoms with Crippen LogP contribution >= 0.6 is 0 Å². The highest BCUT2D eigenvalue weighted by atomic mass is 16.8. The first-order valence-electron chi connectivity index (χ1n) is 4.62. The molecule has 0 unspecified atom stereocenters. The molecule has 1 heterocycles. The van der Waals surface area contributed by atoms with Crippen molar-refractivity contribution < 1.29 is 14.3 Å². The molecule has 0 radical (unpaired) electrons. The Morgan fingerprint density at radius 1 is 1.53 bits per heavy atom. The number of rotatable bonds is 3. The largest absolute Gasteiger partial charge is 0.435 e. The number of epoxide rings is 1. The van der Waals surface area contributed by atoms with Crippen molar-refractivity contribution >= 4 is 12.8 Å². The Hall–Kier alpha value is -1.68. The van der Waals surface area contributed by atoms with E-state index in [2.05, 4.69) is 11.7 Å². The molecule has 15 heavy (non-hydrogen) atoms. The molecule has 1 aromatic carbocycles. The van der Waals surface area contributed by atoms with Crippen LogP contribution in [0.5, 0.6) is 0 Å². The highest BCUT2D eigenvalue weighted by Gasteiger charge is 2.49. The number of ether oxygens (including phenoxy) is 2. The summed E-state index contributed by atoms with van der Waals surface area (Å²) in [5.74, 6) is -0.806. The standard InChI is InChI=1S/C11H11NO3/c1-12-10(13)15-11(8-14-11)7-9-5-3-2-4-6-9/h2-6H,1,7-8H2/t11-/m0/s1. The highest BCUT2D eigenvalue weighted by Crippen LogP contribution is 2.32. The lowest BCUT2D eigenvalue weighted by molar-refractivity contribution is 0.0159. The van der Waals surface area contributed by atoms with Gasteiger partial charge in [0.2, 0.25) is 5.79 Å². The molecule has 1 amide bonds. The SMILES string of the molecule is C=NC(=O)O[C@@]1(Cc2ccccc2)CO1. The van der Waals surface area contributed by atoms with Gasteiger partial charge in [-0.2, -0.15) is 4.99 Å². The Bertz CT molecular complexity index is 371. The smallest absolute Gasteiger partial charge is 0.412 e. The summed E-state index contributed by atoms with van der Waals surface area (Å²) in [6, 6.07) is 9.70. The quantitative estimate of drug-likeness (QED) is 0.558. The molecule has 1 aliphatic rings. The van der Waals surface area contributed by atoms with Gasteiger partial charge in [-0.3, -0.25) is 0 Å². The molecule has 1 aromatic rings. The molecule has 1 aliphatic heterocycles. The lowest BCUT2D eigenvalue weighted by Gasteiger charge is -2.10. The second kappa shape index (κ2) is 3.82. The van der Waals surface area contributed by atoms with E-state index in [0.717, 1.165) is 5.56 Å². The minimum absolute atomic E-state index is 0.420. The molecule has 0 N–H and O–H groups in total. The second-order valence-electron chi connectivity index (χ2n) is 3.39. The van der Waals surface area contributed by atoms with Gasteiger partial charge in [-0.15, -0.1) is 0 Å². The van der Waals surface area contributed by atoms with Gasteiger partial charge in [0, 0.05) is 6.42 Å². The van der Waals surface area contributed by atoms with Crippen molar-refractivity contribution in [3.8, 4) is 0 Å². The monoisotopic (exact) mass is 205 g/mol. The van der Waals surface area contributed by atoms with E-state index >= 15 is 0 Å². The minimum Gasteiger partial charge on any atom is -0.412 e. The van der Waals surface area contributed by atoms with Gasteiger partial charge in [0.25, 0.3) is 0 Å². The second-order valence-corrected chi connectivity index (χ2v) is 3.39. The Balaban J connectivity index is 2.00. The number of nitrogens with zero attached hydrogens (tertiary/aromatic N) is 1. The average Bonchev–Trinajstić information content (AvgIpc) is 2.99. The molecule has 0 saturated carbocycles. The maximum atomic E-state index is 10.9. The first-order chi connectivity index (χ1) is 7.24. The van der Waals surface area contributed by atoms with Crippen LogP contribution in [0.1, 0.15) is 5.56 Å². The van der Waals surface area contributed by atoms with Crippen LogP contribution in [0.4, 0.5) is 4.79 Å².